The minimum Gasteiger partial charge on any atom is -0.349 e. The SMILES string of the molecule is O=C(NC1CCCC(Cc2ncc(Cl)c(-c3cn(S(=O)(=O)c4ccccc4)c4ccccc34)n2)C1)c1ccc([N+](=O)[O-])cc1. The predicted molar refractivity (Wildman–Crippen MR) is 167 cm³/mol. The van der Waals surface area contributed by atoms with Crippen molar-refractivity contribution >= 4 is 44.1 Å². The van der Waals surface area contributed by atoms with Gasteiger partial charge in [0.05, 0.1) is 26.1 Å². The zero-order valence-electron chi connectivity index (χ0n) is 23.5. The average molecular weight is 630 g/mol. The maximum atomic E-state index is 13.6. The highest BCUT2D eigenvalue weighted by Gasteiger charge is 2.27. The van der Waals surface area contributed by atoms with Crippen molar-refractivity contribution in [1.29, 1.82) is 0 Å². The van der Waals surface area contributed by atoms with E-state index in [0.717, 1.165) is 25.7 Å². The topological polar surface area (TPSA) is 137 Å². The predicted octanol–water partition coefficient (Wildman–Crippen LogP) is 6.43. The normalized spacial score (nSPS) is 16.9. The molecule has 2 atom stereocenters. The molecule has 2 aromatic heterocycles. The number of non-ortho nitro benzene ring substituents is 1. The van der Waals surface area contributed by atoms with Gasteiger partial charge in [-0.15, -0.1) is 0 Å². The summed E-state index contributed by atoms with van der Waals surface area (Å²) in [4.78, 5) is 32.7. The van der Waals surface area contributed by atoms with Crippen LogP contribution in [0.4, 0.5) is 5.69 Å². The van der Waals surface area contributed by atoms with Gasteiger partial charge in [-0.05, 0) is 55.5 Å². The Morgan fingerprint density at radius 3 is 2.50 bits per heavy atom. The highest BCUT2D eigenvalue weighted by atomic mass is 35.5. The molecule has 12 heteroatoms. The third kappa shape index (κ3) is 5.93. The second-order valence-electron chi connectivity index (χ2n) is 10.9. The number of para-hydroxylation sites is 1. The van der Waals surface area contributed by atoms with Crippen molar-refractivity contribution in [2.24, 2.45) is 5.92 Å². The molecule has 1 amide bonds. The Hall–Kier alpha value is -4.61. The van der Waals surface area contributed by atoms with Crippen molar-refractivity contribution in [3.05, 3.63) is 118 Å². The summed E-state index contributed by atoms with van der Waals surface area (Å²) in [5.74, 6) is 0.525. The maximum absolute atomic E-state index is 13.6. The first-order chi connectivity index (χ1) is 21.2. The van der Waals surface area contributed by atoms with Crippen molar-refractivity contribution in [2.75, 3.05) is 0 Å². The van der Waals surface area contributed by atoms with E-state index in [1.165, 1.54) is 28.2 Å². The van der Waals surface area contributed by atoms with Crippen molar-refractivity contribution in [2.45, 2.75) is 43.0 Å². The van der Waals surface area contributed by atoms with Crippen molar-refractivity contribution in [3.8, 4) is 11.3 Å². The number of carbonyl (C=O) groups is 1. The second kappa shape index (κ2) is 12.2. The highest BCUT2D eigenvalue weighted by molar-refractivity contribution is 7.90. The van der Waals surface area contributed by atoms with Gasteiger partial charge in [0.1, 0.15) is 5.82 Å². The smallest absolute Gasteiger partial charge is 0.269 e. The molecule has 5 aromatic rings. The monoisotopic (exact) mass is 629 g/mol. The zero-order valence-corrected chi connectivity index (χ0v) is 25.0. The number of aromatic nitrogens is 3. The number of fused-ring (bicyclic) bond motifs is 1. The molecule has 1 saturated carbocycles. The molecule has 0 aliphatic heterocycles. The molecule has 1 aliphatic rings. The van der Waals surface area contributed by atoms with E-state index in [2.05, 4.69) is 10.3 Å². The van der Waals surface area contributed by atoms with E-state index in [1.54, 1.807) is 54.9 Å². The molecule has 224 valence electrons. The number of halogens is 1. The number of nitrogens with one attached hydrogen (secondary N) is 1. The molecule has 2 heterocycles. The standard InChI is InChI=1S/C32H28ClN5O5S/c33-28-19-34-30(18-21-7-6-8-23(17-21)35-32(39)22-13-15-24(16-14-22)38(40)41)36-31(28)27-20-37(29-12-5-4-11-26(27)29)44(42,43)25-9-2-1-3-10-25/h1-5,9-16,19-21,23H,6-8,17-18H2,(H,35,39). The van der Waals surface area contributed by atoms with Crippen LogP contribution in [0.3, 0.4) is 0 Å². The lowest BCUT2D eigenvalue weighted by molar-refractivity contribution is -0.384. The fraction of sp³-hybridized carbons (Fsp3) is 0.219. The molecule has 2 unspecified atom stereocenters. The fourth-order valence-corrected chi connectivity index (χ4v) is 7.39. The molecule has 0 saturated heterocycles. The van der Waals surface area contributed by atoms with E-state index in [-0.39, 0.29) is 28.4 Å². The third-order valence-electron chi connectivity index (χ3n) is 7.96. The molecular formula is C32H28ClN5O5S. The van der Waals surface area contributed by atoms with Crippen LogP contribution in [0.1, 0.15) is 41.9 Å². The Morgan fingerprint density at radius 2 is 1.75 bits per heavy atom. The van der Waals surface area contributed by atoms with Crippen molar-refractivity contribution in [3.63, 3.8) is 0 Å². The quantitative estimate of drug-likeness (QED) is 0.154. The minimum absolute atomic E-state index is 0.0515. The molecule has 44 heavy (non-hydrogen) atoms. The summed E-state index contributed by atoms with van der Waals surface area (Å²) in [5, 5.41) is 15.0. The van der Waals surface area contributed by atoms with Gasteiger partial charge in [-0.1, -0.05) is 54.4 Å². The van der Waals surface area contributed by atoms with Crippen LogP contribution >= 0.6 is 11.6 Å². The van der Waals surface area contributed by atoms with Gasteiger partial charge in [0.2, 0.25) is 0 Å². The number of hydrogen-bond acceptors (Lipinski definition) is 7. The van der Waals surface area contributed by atoms with E-state index in [0.29, 0.717) is 45.0 Å². The largest absolute Gasteiger partial charge is 0.349 e. The Bertz CT molecular complexity index is 1960. The van der Waals surface area contributed by atoms with Crippen LogP contribution < -0.4 is 5.32 Å². The zero-order chi connectivity index (χ0) is 30.8. The molecular weight excluding hydrogens is 602 g/mol. The van der Waals surface area contributed by atoms with Gasteiger partial charge in [0.25, 0.3) is 21.6 Å². The third-order valence-corrected chi connectivity index (χ3v) is 9.92. The van der Waals surface area contributed by atoms with Gasteiger partial charge in [-0.2, -0.15) is 0 Å². The van der Waals surface area contributed by atoms with Crippen molar-refractivity contribution in [1.82, 2.24) is 19.3 Å². The van der Waals surface area contributed by atoms with Crippen LogP contribution in [-0.4, -0.2) is 39.2 Å². The van der Waals surface area contributed by atoms with Crippen LogP contribution in [-0.2, 0) is 16.4 Å². The van der Waals surface area contributed by atoms with Gasteiger partial charge in [0, 0.05) is 53.5 Å². The Labute approximate surface area is 258 Å². The summed E-state index contributed by atoms with van der Waals surface area (Å²) in [5.41, 5.74) is 1.86. The van der Waals surface area contributed by atoms with E-state index >= 15 is 0 Å². The van der Waals surface area contributed by atoms with Gasteiger partial charge >= 0.3 is 0 Å². The summed E-state index contributed by atoms with van der Waals surface area (Å²) in [6.45, 7) is 0. The summed E-state index contributed by atoms with van der Waals surface area (Å²) in [6.07, 6.45) is 7.10. The number of rotatable bonds is 8. The molecule has 1 fully saturated rings. The first-order valence-electron chi connectivity index (χ1n) is 14.2. The fourth-order valence-electron chi connectivity index (χ4n) is 5.80. The summed E-state index contributed by atoms with van der Waals surface area (Å²) in [7, 11) is -3.87. The first kappa shape index (κ1) is 29.5. The lowest BCUT2D eigenvalue weighted by Crippen LogP contribution is -2.38. The molecule has 1 aliphatic carbocycles. The van der Waals surface area contributed by atoms with Crippen LogP contribution in [0.2, 0.25) is 5.02 Å². The average Bonchev–Trinajstić information content (AvgIpc) is 3.43. The van der Waals surface area contributed by atoms with Gasteiger partial charge in [0.15, 0.2) is 0 Å². The maximum Gasteiger partial charge on any atom is 0.269 e. The number of nitro groups is 1. The van der Waals surface area contributed by atoms with Gasteiger partial charge in [-0.3, -0.25) is 14.9 Å². The number of carbonyl (C=O) groups excluding carboxylic acids is 1. The Balaban J connectivity index is 1.23. The summed E-state index contributed by atoms with van der Waals surface area (Å²) in [6, 6.07) is 21.0. The van der Waals surface area contributed by atoms with Gasteiger partial charge in [-0.25, -0.2) is 22.4 Å². The van der Waals surface area contributed by atoms with Crippen LogP contribution in [0.5, 0.6) is 0 Å². The number of nitro benzene ring substituents is 1. The molecule has 1 N–H and O–H groups in total. The van der Waals surface area contributed by atoms with E-state index < -0.39 is 14.9 Å². The lowest BCUT2D eigenvalue weighted by Gasteiger charge is -2.29. The van der Waals surface area contributed by atoms with Crippen molar-refractivity contribution < 1.29 is 18.1 Å². The number of amides is 1. The van der Waals surface area contributed by atoms with E-state index in [9.17, 15) is 23.3 Å². The van der Waals surface area contributed by atoms with E-state index in [4.69, 9.17) is 16.6 Å². The Kier molecular flexibility index (Phi) is 8.15. The molecule has 0 radical (unpaired) electrons. The van der Waals surface area contributed by atoms with Gasteiger partial charge < -0.3 is 5.32 Å². The highest BCUT2D eigenvalue weighted by Crippen LogP contribution is 2.36. The van der Waals surface area contributed by atoms with Crippen LogP contribution in [0.15, 0.2) is 96.2 Å². The van der Waals surface area contributed by atoms with Crippen LogP contribution in [0, 0.1) is 16.0 Å². The molecule has 0 bridgehead atoms. The first-order valence-corrected chi connectivity index (χ1v) is 16.0. The van der Waals surface area contributed by atoms with E-state index in [1.807, 2.05) is 12.1 Å². The second-order valence-corrected chi connectivity index (χ2v) is 13.1. The molecule has 10 nitrogen and oxygen atoms in total. The number of hydrogen-bond donors (Lipinski definition) is 1. The Morgan fingerprint density at radius 1 is 1.02 bits per heavy atom. The summed E-state index contributed by atoms with van der Waals surface area (Å²) >= 11 is 6.61. The lowest BCUT2D eigenvalue weighted by atomic mass is 9.83. The molecule has 6 rings (SSSR count). The summed E-state index contributed by atoms with van der Waals surface area (Å²) < 4.78 is 28.4. The molecule has 0 spiro atoms. The molecule has 3 aromatic carbocycles. The number of nitrogens with zero attached hydrogens (tertiary/aromatic N) is 4. The van der Waals surface area contributed by atoms with Crippen LogP contribution in [0.25, 0.3) is 22.2 Å². The number of benzene rings is 3. The minimum atomic E-state index is -3.87.